The average molecular weight is 378 g/mol. The summed E-state index contributed by atoms with van der Waals surface area (Å²) in [6.07, 6.45) is 0.104. The third-order valence-electron chi connectivity index (χ3n) is 3.44. The highest BCUT2D eigenvalue weighted by Gasteiger charge is 2.28. The first-order valence-corrected chi connectivity index (χ1v) is 7.74. The number of carbonyl (C=O) groups excluding carboxylic acids is 1. The van der Waals surface area contributed by atoms with E-state index in [1.165, 1.54) is 0 Å². The lowest BCUT2D eigenvalue weighted by atomic mass is 9.88. The van der Waals surface area contributed by atoms with Crippen LogP contribution in [-0.4, -0.2) is 25.1 Å². The molecule has 118 valence electrons. The Hall–Kier alpha value is -0.780. The summed E-state index contributed by atoms with van der Waals surface area (Å²) >= 11 is 3.44. The summed E-state index contributed by atoms with van der Waals surface area (Å²) in [5.74, 6) is 1.27. The van der Waals surface area contributed by atoms with Crippen LogP contribution in [0.5, 0.6) is 5.75 Å². The van der Waals surface area contributed by atoms with Crippen LogP contribution in [0.25, 0.3) is 0 Å². The zero-order chi connectivity index (χ0) is 14.7. The normalized spacial score (nSPS) is 15.9. The summed E-state index contributed by atoms with van der Waals surface area (Å²) in [7, 11) is 0. The number of carbonyl (C=O) groups is 1. The van der Waals surface area contributed by atoms with Crippen LogP contribution in [0.2, 0.25) is 0 Å². The van der Waals surface area contributed by atoms with Crippen LogP contribution in [0, 0.1) is 11.8 Å². The molecule has 0 bridgehead atoms. The molecular weight excluding hydrogens is 356 g/mol. The molecule has 1 aliphatic heterocycles. The third-order valence-corrected chi connectivity index (χ3v) is 3.90. The lowest BCUT2D eigenvalue weighted by Gasteiger charge is -2.31. The van der Waals surface area contributed by atoms with Gasteiger partial charge in [0.25, 0.3) is 0 Å². The Balaban J connectivity index is 0.00000220. The number of rotatable bonds is 5. The highest BCUT2D eigenvalue weighted by molar-refractivity contribution is 9.10. The van der Waals surface area contributed by atoms with Gasteiger partial charge in [0.15, 0.2) is 0 Å². The summed E-state index contributed by atoms with van der Waals surface area (Å²) in [5, 5.41) is 6.16. The molecule has 0 aliphatic carbocycles. The van der Waals surface area contributed by atoms with E-state index in [-0.39, 0.29) is 30.3 Å². The molecule has 6 heteroatoms. The van der Waals surface area contributed by atoms with Gasteiger partial charge in [0, 0.05) is 22.1 Å². The second kappa shape index (κ2) is 8.01. The van der Waals surface area contributed by atoms with Crippen LogP contribution >= 0.6 is 28.3 Å². The minimum Gasteiger partial charge on any atom is -0.491 e. The van der Waals surface area contributed by atoms with Crippen LogP contribution < -0.4 is 15.4 Å². The van der Waals surface area contributed by atoms with Crippen molar-refractivity contribution in [3.8, 4) is 5.75 Å². The Morgan fingerprint density at radius 2 is 2.00 bits per heavy atom. The van der Waals surface area contributed by atoms with Crippen LogP contribution in [0.15, 0.2) is 22.7 Å². The first-order valence-electron chi connectivity index (χ1n) is 6.94. The molecular formula is C15H22BrClN2O2. The molecule has 4 nitrogen and oxygen atoms in total. The second-order valence-electron chi connectivity index (χ2n) is 5.54. The Morgan fingerprint density at radius 3 is 2.52 bits per heavy atom. The Kier molecular flexibility index (Phi) is 6.97. The van der Waals surface area contributed by atoms with E-state index in [9.17, 15) is 4.79 Å². The minimum absolute atomic E-state index is 0. The lowest BCUT2D eigenvalue weighted by Crippen LogP contribution is -2.48. The zero-order valence-electron chi connectivity index (χ0n) is 12.5. The molecule has 2 N–H and O–H groups in total. The van der Waals surface area contributed by atoms with Gasteiger partial charge in [-0.2, -0.15) is 0 Å². The monoisotopic (exact) mass is 376 g/mol. The maximum Gasteiger partial charge on any atom is 0.227 e. The standard InChI is InChI=1S/C15H21BrN2O2.ClH/c1-9(2)20-14-5-12(16)4-13(6-14)18-15(19)10(3)11-7-17-8-11;/h4-6,9-11,17H,7-8H2,1-3H3,(H,18,19);1H. The summed E-state index contributed by atoms with van der Waals surface area (Å²) in [6.45, 7) is 7.78. The van der Waals surface area contributed by atoms with Gasteiger partial charge >= 0.3 is 0 Å². The number of hydrogen-bond acceptors (Lipinski definition) is 3. The molecule has 1 atom stereocenters. The number of ether oxygens (including phenoxy) is 1. The van der Waals surface area contributed by atoms with Crippen LogP contribution in [-0.2, 0) is 4.79 Å². The van der Waals surface area contributed by atoms with Gasteiger partial charge in [0.2, 0.25) is 5.91 Å². The highest BCUT2D eigenvalue weighted by Crippen LogP contribution is 2.26. The van der Waals surface area contributed by atoms with Gasteiger partial charge in [-0.15, -0.1) is 12.4 Å². The molecule has 1 aliphatic rings. The van der Waals surface area contributed by atoms with E-state index in [4.69, 9.17) is 4.74 Å². The Labute approximate surface area is 140 Å². The molecule has 1 heterocycles. The van der Waals surface area contributed by atoms with E-state index in [0.29, 0.717) is 5.92 Å². The number of benzene rings is 1. The summed E-state index contributed by atoms with van der Waals surface area (Å²) in [4.78, 5) is 12.2. The highest BCUT2D eigenvalue weighted by atomic mass is 79.9. The fraction of sp³-hybridized carbons (Fsp3) is 0.533. The van der Waals surface area contributed by atoms with Crippen molar-refractivity contribution >= 4 is 39.9 Å². The smallest absolute Gasteiger partial charge is 0.227 e. The van der Waals surface area contributed by atoms with Gasteiger partial charge in [-0.05, 0) is 45.0 Å². The summed E-state index contributed by atoms with van der Waals surface area (Å²) in [5.41, 5.74) is 0.763. The van der Waals surface area contributed by atoms with Gasteiger partial charge in [0.05, 0.1) is 6.10 Å². The molecule has 1 unspecified atom stereocenters. The molecule has 21 heavy (non-hydrogen) atoms. The van der Waals surface area contributed by atoms with Gasteiger partial charge < -0.3 is 15.4 Å². The van der Waals surface area contributed by atoms with Crippen molar-refractivity contribution < 1.29 is 9.53 Å². The molecule has 1 amide bonds. The van der Waals surface area contributed by atoms with Gasteiger partial charge in [0.1, 0.15) is 5.75 Å². The molecule has 1 saturated heterocycles. The van der Waals surface area contributed by atoms with Gasteiger partial charge in [-0.1, -0.05) is 22.9 Å². The van der Waals surface area contributed by atoms with Crippen molar-refractivity contribution in [1.29, 1.82) is 0 Å². The molecule has 0 aromatic heterocycles. The molecule has 1 fully saturated rings. The van der Waals surface area contributed by atoms with Crippen LogP contribution in [0.4, 0.5) is 5.69 Å². The van der Waals surface area contributed by atoms with E-state index < -0.39 is 0 Å². The lowest BCUT2D eigenvalue weighted by molar-refractivity contribution is -0.121. The SMILES string of the molecule is CC(C)Oc1cc(Br)cc(NC(=O)C(C)C2CNC2)c1.Cl. The van der Waals surface area contributed by atoms with E-state index in [2.05, 4.69) is 26.6 Å². The summed E-state index contributed by atoms with van der Waals surface area (Å²) < 4.78 is 6.56. The second-order valence-corrected chi connectivity index (χ2v) is 6.45. The maximum atomic E-state index is 12.2. The average Bonchev–Trinajstić information content (AvgIpc) is 2.24. The first kappa shape index (κ1) is 18.3. The Bertz CT molecular complexity index is 493. The fourth-order valence-electron chi connectivity index (χ4n) is 2.11. The van der Waals surface area contributed by atoms with Crippen LogP contribution in [0.1, 0.15) is 20.8 Å². The minimum atomic E-state index is 0. The molecule has 1 aromatic rings. The zero-order valence-corrected chi connectivity index (χ0v) is 14.9. The van der Waals surface area contributed by atoms with E-state index in [0.717, 1.165) is 29.0 Å². The molecule has 2 rings (SSSR count). The predicted molar refractivity (Wildman–Crippen MR) is 91.3 cm³/mol. The Morgan fingerprint density at radius 1 is 1.33 bits per heavy atom. The van der Waals surface area contributed by atoms with E-state index in [1.54, 1.807) is 0 Å². The molecule has 0 radical (unpaired) electrons. The molecule has 0 spiro atoms. The van der Waals surface area contributed by atoms with E-state index in [1.807, 2.05) is 39.0 Å². The largest absolute Gasteiger partial charge is 0.491 e. The number of halogens is 2. The van der Waals surface area contributed by atoms with Crippen molar-refractivity contribution in [2.45, 2.75) is 26.9 Å². The maximum absolute atomic E-state index is 12.2. The third kappa shape index (κ3) is 5.16. The van der Waals surface area contributed by atoms with Crippen molar-refractivity contribution in [3.63, 3.8) is 0 Å². The number of nitrogens with one attached hydrogen (secondary N) is 2. The van der Waals surface area contributed by atoms with Crippen LogP contribution in [0.3, 0.4) is 0 Å². The first-order chi connectivity index (χ1) is 9.45. The van der Waals surface area contributed by atoms with Gasteiger partial charge in [-0.3, -0.25) is 4.79 Å². The molecule has 1 aromatic carbocycles. The predicted octanol–water partition coefficient (Wildman–Crippen LogP) is 3.45. The number of hydrogen-bond donors (Lipinski definition) is 2. The fourth-order valence-corrected chi connectivity index (χ4v) is 2.58. The van der Waals surface area contributed by atoms with Crippen molar-refractivity contribution in [2.75, 3.05) is 18.4 Å². The quantitative estimate of drug-likeness (QED) is 0.826. The number of anilines is 1. The number of amides is 1. The van der Waals surface area contributed by atoms with Gasteiger partial charge in [-0.25, -0.2) is 0 Å². The topological polar surface area (TPSA) is 50.4 Å². The summed E-state index contributed by atoms with van der Waals surface area (Å²) in [6, 6.07) is 5.64. The van der Waals surface area contributed by atoms with Crippen molar-refractivity contribution in [3.05, 3.63) is 22.7 Å². The molecule has 0 saturated carbocycles. The van der Waals surface area contributed by atoms with Crippen molar-refractivity contribution in [1.82, 2.24) is 5.32 Å². The van der Waals surface area contributed by atoms with Crippen molar-refractivity contribution in [2.24, 2.45) is 11.8 Å². The van der Waals surface area contributed by atoms with E-state index >= 15 is 0 Å².